The highest BCUT2D eigenvalue weighted by molar-refractivity contribution is 7.98. The predicted molar refractivity (Wildman–Crippen MR) is 131 cm³/mol. The molecule has 176 valence electrons. The molecular weight excluding hydrogens is 438 g/mol. The molecule has 1 fully saturated rings. The summed E-state index contributed by atoms with van der Waals surface area (Å²) in [4.78, 5) is 30.6. The van der Waals surface area contributed by atoms with E-state index in [0.29, 0.717) is 23.7 Å². The number of pyridine rings is 1. The van der Waals surface area contributed by atoms with Crippen molar-refractivity contribution in [1.82, 2.24) is 15.6 Å². The van der Waals surface area contributed by atoms with Crippen molar-refractivity contribution in [3.63, 3.8) is 0 Å². The zero-order valence-corrected chi connectivity index (χ0v) is 20.3. The molecule has 1 saturated carbocycles. The number of nitrogens with zero attached hydrogens (tertiary/aromatic N) is 1. The number of carbonyl (C=O) groups excluding carboxylic acids is 2. The molecule has 0 bridgehead atoms. The largest absolute Gasteiger partial charge is 0.444 e. The zero-order valence-electron chi connectivity index (χ0n) is 19.5. The van der Waals surface area contributed by atoms with Crippen LogP contribution in [-0.2, 0) is 11.3 Å². The SMILES string of the molecule is CSc1cccc(Nc2nc(NC3CCCC3NC(=O)OC(C)(C)C)cc3c2C(=O)NC3)c1. The fourth-order valence-electron chi connectivity index (χ4n) is 4.21. The lowest BCUT2D eigenvalue weighted by atomic mass is 10.1. The van der Waals surface area contributed by atoms with Crippen LogP contribution in [-0.4, -0.2) is 40.9 Å². The number of ether oxygens (including phenoxy) is 1. The lowest BCUT2D eigenvalue weighted by Gasteiger charge is -2.26. The number of rotatable bonds is 6. The van der Waals surface area contributed by atoms with Crippen molar-refractivity contribution < 1.29 is 14.3 Å². The highest BCUT2D eigenvalue weighted by Crippen LogP contribution is 2.31. The lowest BCUT2D eigenvalue weighted by Crippen LogP contribution is -2.45. The number of amides is 2. The first-order chi connectivity index (χ1) is 15.7. The molecule has 2 aromatic rings. The summed E-state index contributed by atoms with van der Waals surface area (Å²) in [5, 5.41) is 12.7. The lowest BCUT2D eigenvalue weighted by molar-refractivity contribution is 0.0502. The maximum Gasteiger partial charge on any atom is 0.407 e. The first-order valence-electron chi connectivity index (χ1n) is 11.2. The number of alkyl carbamates (subject to hydrolysis) is 1. The van der Waals surface area contributed by atoms with Gasteiger partial charge < -0.3 is 26.0 Å². The van der Waals surface area contributed by atoms with E-state index in [4.69, 9.17) is 9.72 Å². The molecule has 2 atom stereocenters. The van der Waals surface area contributed by atoms with Crippen LogP contribution in [0.4, 0.5) is 22.1 Å². The van der Waals surface area contributed by atoms with Crippen molar-refractivity contribution in [2.24, 2.45) is 0 Å². The van der Waals surface area contributed by atoms with Gasteiger partial charge in [-0.05, 0) is 76.1 Å². The molecule has 2 amide bonds. The van der Waals surface area contributed by atoms with Crippen LogP contribution in [0.2, 0.25) is 0 Å². The van der Waals surface area contributed by atoms with Crippen LogP contribution in [0.15, 0.2) is 35.2 Å². The molecule has 2 unspecified atom stereocenters. The van der Waals surface area contributed by atoms with E-state index in [1.807, 2.05) is 57.4 Å². The van der Waals surface area contributed by atoms with Gasteiger partial charge in [-0.2, -0.15) is 0 Å². The summed E-state index contributed by atoms with van der Waals surface area (Å²) in [5.74, 6) is 1.08. The van der Waals surface area contributed by atoms with E-state index in [1.165, 1.54) is 0 Å². The number of nitrogens with one attached hydrogen (secondary N) is 4. The summed E-state index contributed by atoms with van der Waals surface area (Å²) in [6.45, 7) is 6.02. The van der Waals surface area contributed by atoms with E-state index in [0.717, 1.165) is 35.4 Å². The van der Waals surface area contributed by atoms with Gasteiger partial charge in [0.05, 0.1) is 11.6 Å². The summed E-state index contributed by atoms with van der Waals surface area (Å²) in [6, 6.07) is 9.89. The van der Waals surface area contributed by atoms with Crippen LogP contribution in [0.3, 0.4) is 0 Å². The van der Waals surface area contributed by atoms with E-state index in [1.54, 1.807) is 11.8 Å². The minimum absolute atomic E-state index is 0.0285. The van der Waals surface area contributed by atoms with Gasteiger partial charge in [0.2, 0.25) is 0 Å². The molecule has 4 rings (SSSR count). The summed E-state index contributed by atoms with van der Waals surface area (Å²) in [5.41, 5.74) is 1.81. The zero-order chi connectivity index (χ0) is 23.6. The maximum absolute atomic E-state index is 12.5. The number of fused-ring (bicyclic) bond motifs is 1. The topological polar surface area (TPSA) is 104 Å². The van der Waals surface area contributed by atoms with Gasteiger partial charge in [0.15, 0.2) is 0 Å². The summed E-state index contributed by atoms with van der Waals surface area (Å²) in [7, 11) is 0. The van der Waals surface area contributed by atoms with Gasteiger partial charge in [-0.1, -0.05) is 6.07 Å². The standard InChI is InChI=1S/C24H31N5O3S/c1-24(2,3)32-23(31)28-18-10-6-9-17(18)27-19-11-14-13-25-22(30)20(14)21(29-19)26-15-7-5-8-16(12-15)33-4/h5,7-8,11-12,17-18H,6,9-10,13H2,1-4H3,(H,25,30)(H,28,31)(H2,26,27,29). The number of aromatic nitrogens is 1. The Balaban J connectivity index is 1.54. The van der Waals surface area contributed by atoms with Gasteiger partial charge in [-0.3, -0.25) is 4.79 Å². The van der Waals surface area contributed by atoms with Crippen molar-refractivity contribution in [3.8, 4) is 0 Å². The second-order valence-electron chi connectivity index (χ2n) is 9.36. The Bertz CT molecular complexity index is 1050. The van der Waals surface area contributed by atoms with E-state index < -0.39 is 11.7 Å². The summed E-state index contributed by atoms with van der Waals surface area (Å²) < 4.78 is 5.42. The van der Waals surface area contributed by atoms with Gasteiger partial charge in [0.25, 0.3) is 5.91 Å². The molecule has 2 aliphatic rings. The fraction of sp³-hybridized carbons (Fsp3) is 0.458. The van der Waals surface area contributed by atoms with E-state index in [2.05, 4.69) is 21.3 Å². The van der Waals surface area contributed by atoms with Gasteiger partial charge in [-0.25, -0.2) is 9.78 Å². The maximum atomic E-state index is 12.5. The molecule has 8 nitrogen and oxygen atoms in total. The molecular formula is C24H31N5O3S. The second kappa shape index (κ2) is 9.51. The van der Waals surface area contributed by atoms with Crippen LogP contribution >= 0.6 is 11.8 Å². The average Bonchev–Trinajstić information content (AvgIpc) is 3.33. The second-order valence-corrected chi connectivity index (χ2v) is 10.2. The van der Waals surface area contributed by atoms with Crippen molar-refractivity contribution in [3.05, 3.63) is 41.5 Å². The summed E-state index contributed by atoms with van der Waals surface area (Å²) >= 11 is 1.66. The van der Waals surface area contributed by atoms with E-state index in [9.17, 15) is 9.59 Å². The van der Waals surface area contributed by atoms with Gasteiger partial charge in [0, 0.05) is 23.2 Å². The third-order valence-corrected chi connectivity index (χ3v) is 6.38. The average molecular weight is 470 g/mol. The minimum Gasteiger partial charge on any atom is -0.444 e. The number of carbonyl (C=O) groups is 2. The highest BCUT2D eigenvalue weighted by Gasteiger charge is 2.32. The third-order valence-electron chi connectivity index (χ3n) is 5.65. The number of benzene rings is 1. The van der Waals surface area contributed by atoms with Crippen molar-refractivity contribution >= 4 is 41.1 Å². The van der Waals surface area contributed by atoms with Crippen LogP contribution in [0.1, 0.15) is 56.0 Å². The first kappa shape index (κ1) is 23.2. The Labute approximate surface area is 198 Å². The van der Waals surface area contributed by atoms with Gasteiger partial charge in [-0.15, -0.1) is 11.8 Å². The number of anilines is 3. The van der Waals surface area contributed by atoms with Crippen LogP contribution in [0.25, 0.3) is 0 Å². The molecule has 9 heteroatoms. The Morgan fingerprint density at radius 3 is 2.76 bits per heavy atom. The van der Waals surface area contributed by atoms with Gasteiger partial charge in [0.1, 0.15) is 17.2 Å². The highest BCUT2D eigenvalue weighted by atomic mass is 32.2. The molecule has 0 spiro atoms. The molecule has 1 aromatic heterocycles. The smallest absolute Gasteiger partial charge is 0.407 e. The monoisotopic (exact) mass is 469 g/mol. The number of hydrogen-bond donors (Lipinski definition) is 4. The Hall–Kier alpha value is -2.94. The predicted octanol–water partition coefficient (Wildman–Crippen LogP) is 4.65. The van der Waals surface area contributed by atoms with Crippen LogP contribution in [0, 0.1) is 0 Å². The quantitative estimate of drug-likeness (QED) is 0.457. The molecule has 2 heterocycles. The Morgan fingerprint density at radius 2 is 2.00 bits per heavy atom. The fourth-order valence-corrected chi connectivity index (χ4v) is 4.67. The van der Waals surface area contributed by atoms with Crippen molar-refractivity contribution in [2.75, 3.05) is 16.9 Å². The Morgan fingerprint density at radius 1 is 1.21 bits per heavy atom. The Kier molecular flexibility index (Phi) is 6.69. The van der Waals surface area contributed by atoms with Gasteiger partial charge >= 0.3 is 6.09 Å². The number of hydrogen-bond acceptors (Lipinski definition) is 7. The molecule has 1 aromatic carbocycles. The van der Waals surface area contributed by atoms with E-state index in [-0.39, 0.29) is 18.0 Å². The molecule has 0 saturated heterocycles. The first-order valence-corrected chi connectivity index (χ1v) is 12.4. The third kappa shape index (κ3) is 5.71. The van der Waals surface area contributed by atoms with Crippen LogP contribution < -0.4 is 21.3 Å². The number of thioether (sulfide) groups is 1. The molecule has 0 radical (unpaired) electrons. The molecule has 1 aliphatic carbocycles. The van der Waals surface area contributed by atoms with Crippen LogP contribution in [0.5, 0.6) is 0 Å². The normalized spacial score (nSPS) is 19.6. The molecule has 33 heavy (non-hydrogen) atoms. The minimum atomic E-state index is -0.541. The van der Waals surface area contributed by atoms with Crippen molar-refractivity contribution in [2.45, 2.75) is 69.2 Å². The summed E-state index contributed by atoms with van der Waals surface area (Å²) in [6.07, 6.45) is 4.39. The molecule has 4 N–H and O–H groups in total. The molecule has 1 aliphatic heterocycles. The van der Waals surface area contributed by atoms with Crippen molar-refractivity contribution in [1.29, 1.82) is 0 Å². The van der Waals surface area contributed by atoms with E-state index >= 15 is 0 Å².